The molecular weight excluding hydrogens is 1570 g/mol. The van der Waals surface area contributed by atoms with Gasteiger partial charge in [-0.1, -0.05) is 117 Å². The standard InChI is InChI=1S/C37H69ClN6O8.C20H38ClN3O5.C17H33N3O4.C3H5ClO.C3H4O.ClH/c1-23(2)15-27(34(39)47)17-28(19-31(25(5)6)35(40)48)36(49)41-11-13-51-33(9-10-38)52-14-12-42-37(50)29(20-32(26(7)8)44-22-46)18-30(43-21-45)16-24(3)4;1-12(2)9-14(18(22)26)10-15(11-16(13(3)4)19(23)27)20(28)24-7-8-29-17(25)5-6-21;1-10(2)7-12(15(18)22)8-13(17(24)20-5-6-21)9-14(11(3)4)16(19)23;4-2-1-3-5;1-2-3-4;/h21-33H,9-20H2,1-8H3,(H2,39,47)(H2,40,48)(H,41,49)(H,42,50)(H,43,45)(H,44,46);12-17,25H,5-11H2,1-4H3,(H2,22,26)(H2,23,27)(H,24,28);10-14,21H,5-9H2,1-4H3,(H2,18,22)(H2,19,23)(H,20,24);3H,1-2H2;2-3H,1H2;1H. The first kappa shape index (κ1) is 120. The van der Waals surface area contributed by atoms with Crippen molar-refractivity contribution >= 4 is 132 Å². The maximum atomic E-state index is 13.4. The first-order valence-electron chi connectivity index (χ1n) is 40.0. The van der Waals surface area contributed by atoms with Crippen molar-refractivity contribution in [3.63, 3.8) is 0 Å². The van der Waals surface area contributed by atoms with Crippen LogP contribution in [0.1, 0.15) is 207 Å². The van der Waals surface area contributed by atoms with Crippen molar-refractivity contribution in [1.82, 2.24) is 31.9 Å². The smallest absolute Gasteiger partial charge is 0.223 e. The van der Waals surface area contributed by atoms with Crippen molar-refractivity contribution in [2.24, 2.45) is 141 Å². The summed E-state index contributed by atoms with van der Waals surface area (Å²) < 4.78 is 16.9. The van der Waals surface area contributed by atoms with Crippen molar-refractivity contribution in [1.29, 1.82) is 0 Å². The zero-order valence-electron chi connectivity index (χ0n) is 71.5. The average Bonchev–Trinajstić information content (AvgIpc) is 0.897. The molecule has 0 aromatic carbocycles. The number of primary amides is 6. The maximum Gasteiger partial charge on any atom is 0.223 e. The number of nitrogens with one attached hydrogen (secondary N) is 6. The second-order valence-electron chi connectivity index (χ2n) is 31.7. The highest BCUT2D eigenvalue weighted by atomic mass is 35.5. The van der Waals surface area contributed by atoms with Crippen molar-refractivity contribution in [3.8, 4) is 0 Å². The average molecular weight is 1730 g/mol. The van der Waals surface area contributed by atoms with E-state index in [9.17, 15) is 67.4 Å². The van der Waals surface area contributed by atoms with Gasteiger partial charge < -0.3 is 95.5 Å². The highest BCUT2D eigenvalue weighted by Gasteiger charge is 2.36. The number of nitrogens with two attached hydrogens (primary N) is 6. The molecule has 0 aliphatic heterocycles. The Morgan fingerprint density at radius 3 is 0.939 bits per heavy atom. The van der Waals surface area contributed by atoms with E-state index >= 15 is 0 Å². The number of aliphatic hydroxyl groups excluding tert-OH is 2. The van der Waals surface area contributed by atoms with Gasteiger partial charge in [0.15, 0.2) is 12.6 Å². The summed E-state index contributed by atoms with van der Waals surface area (Å²) in [5.74, 6) is -7.13. The molecule has 14 atom stereocenters. The van der Waals surface area contributed by atoms with Gasteiger partial charge in [-0.2, -0.15) is 0 Å². The number of halogens is 4. The van der Waals surface area contributed by atoms with Crippen LogP contribution in [0.5, 0.6) is 0 Å². The molecule has 115 heavy (non-hydrogen) atoms. The zero-order valence-corrected chi connectivity index (χ0v) is 74.6. The molecular formula is C80H150Cl4N12O19. The van der Waals surface area contributed by atoms with E-state index in [4.69, 9.17) is 93.3 Å². The Morgan fingerprint density at radius 2 is 0.704 bits per heavy atom. The van der Waals surface area contributed by atoms with Crippen LogP contribution in [0.4, 0.5) is 0 Å². The van der Waals surface area contributed by atoms with Crippen LogP contribution < -0.4 is 66.3 Å². The summed E-state index contributed by atoms with van der Waals surface area (Å²) in [5, 5.41) is 35.2. The van der Waals surface area contributed by atoms with Gasteiger partial charge in [0.2, 0.25) is 71.9 Å². The van der Waals surface area contributed by atoms with Crippen LogP contribution in [-0.4, -0.2) is 190 Å². The molecule has 0 aliphatic rings. The van der Waals surface area contributed by atoms with E-state index in [0.29, 0.717) is 88.7 Å². The van der Waals surface area contributed by atoms with Gasteiger partial charge in [-0.3, -0.25) is 62.3 Å². The molecule has 12 amide bonds. The molecule has 0 bridgehead atoms. The number of aliphatic hydroxyl groups is 2. The van der Waals surface area contributed by atoms with Gasteiger partial charge in [0.25, 0.3) is 0 Å². The molecule has 14 unspecified atom stereocenters. The summed E-state index contributed by atoms with van der Waals surface area (Å²) >= 11 is 16.6. The van der Waals surface area contributed by atoms with Crippen LogP contribution in [0.25, 0.3) is 0 Å². The molecule has 0 fully saturated rings. The predicted octanol–water partition coefficient (Wildman–Crippen LogP) is 6.21. The largest absolute Gasteiger partial charge is 0.395 e. The molecule has 0 aromatic heterocycles. The lowest BCUT2D eigenvalue weighted by atomic mass is 9.79. The summed E-state index contributed by atoms with van der Waals surface area (Å²) in [6.07, 6.45) is 8.04. The summed E-state index contributed by atoms with van der Waals surface area (Å²) in [6.45, 7) is 35.1. The zero-order chi connectivity index (χ0) is 88.8. The lowest BCUT2D eigenvalue weighted by Crippen LogP contribution is -2.43. The Labute approximate surface area is 706 Å². The fraction of sp³-hybridized carbons (Fsp3) is 0.800. The normalized spacial score (nSPS) is 14.7. The minimum Gasteiger partial charge on any atom is -0.395 e. The van der Waals surface area contributed by atoms with Gasteiger partial charge in [-0.15, -0.1) is 47.2 Å². The fourth-order valence-corrected chi connectivity index (χ4v) is 13.0. The maximum absolute atomic E-state index is 13.4. The van der Waals surface area contributed by atoms with Crippen molar-refractivity contribution < 1.29 is 91.5 Å². The second-order valence-corrected chi connectivity index (χ2v) is 32.9. The topological polar surface area (TPSA) is 535 Å². The van der Waals surface area contributed by atoms with Crippen LogP contribution in [0.3, 0.4) is 0 Å². The third-order valence-corrected chi connectivity index (χ3v) is 19.3. The molecule has 0 rings (SSSR count). The van der Waals surface area contributed by atoms with Gasteiger partial charge in [0, 0.05) is 134 Å². The van der Waals surface area contributed by atoms with Gasteiger partial charge in [-0.25, -0.2) is 0 Å². The Bertz CT molecular complexity index is 2700. The second kappa shape index (κ2) is 72.9. The van der Waals surface area contributed by atoms with Crippen LogP contribution in [0.2, 0.25) is 0 Å². The van der Waals surface area contributed by atoms with E-state index in [-0.39, 0.29) is 192 Å². The molecule has 0 aromatic rings. The van der Waals surface area contributed by atoms with Crippen LogP contribution >= 0.6 is 47.2 Å². The molecule has 20 N–H and O–H groups in total. The number of alkyl halides is 3. The molecule has 0 heterocycles. The lowest BCUT2D eigenvalue weighted by Gasteiger charge is -2.29. The van der Waals surface area contributed by atoms with Crippen LogP contribution in [-0.2, 0) is 81.3 Å². The summed E-state index contributed by atoms with van der Waals surface area (Å²) in [5.41, 5.74) is 33.3. The van der Waals surface area contributed by atoms with Gasteiger partial charge in [0.1, 0.15) is 12.6 Å². The lowest BCUT2D eigenvalue weighted by molar-refractivity contribution is -0.145. The van der Waals surface area contributed by atoms with E-state index < -0.39 is 107 Å². The molecule has 0 radical (unpaired) electrons. The van der Waals surface area contributed by atoms with Gasteiger partial charge in [0.05, 0.1) is 26.4 Å². The molecule has 31 nitrogen and oxygen atoms in total. The first-order valence-corrected chi connectivity index (χ1v) is 41.6. The summed E-state index contributed by atoms with van der Waals surface area (Å²) in [4.78, 5) is 164. The van der Waals surface area contributed by atoms with Crippen molar-refractivity contribution in [3.05, 3.63) is 12.7 Å². The Hall–Kier alpha value is -6.32. The Kier molecular flexibility index (Phi) is 75.7. The molecule has 0 saturated carbocycles. The summed E-state index contributed by atoms with van der Waals surface area (Å²) in [7, 11) is 0. The number of allylic oxidation sites excluding steroid dienone is 1. The van der Waals surface area contributed by atoms with E-state index in [1.54, 1.807) is 0 Å². The van der Waals surface area contributed by atoms with E-state index in [2.05, 4.69) is 38.5 Å². The SMILES string of the molecule is C=CC=O.CC(C)CC(CC(CC(C(N)=O)C(C)C)C(=O)NCCO)C(N)=O.CC(C)CC(CC(CC(C(N)=O)C(C)C)C(=O)NCCOC(O)CCCl)C(N)=O.CC(C)CC(CC(CC(NC=O)C(C)C)C(=O)NCCOC(CCCl)OCCNC(=O)C(CC(CC(C)C)C(N)=O)CC(C(N)=O)C(C)C)NC=O.Cl.O=CCCCl. The number of ether oxygens (including phenoxy) is 3. The number of aldehydes is 2. The van der Waals surface area contributed by atoms with Crippen molar-refractivity contribution in [2.45, 2.75) is 232 Å². The minimum atomic E-state index is -0.981. The third-order valence-electron chi connectivity index (χ3n) is 18.6. The summed E-state index contributed by atoms with van der Waals surface area (Å²) in [6, 6.07) is -0.419. The highest BCUT2D eigenvalue weighted by molar-refractivity contribution is 6.18. The Morgan fingerprint density at radius 1 is 0.391 bits per heavy atom. The van der Waals surface area contributed by atoms with E-state index in [1.807, 2.05) is 111 Å². The number of hydrogen-bond acceptors (Lipinski definition) is 19. The number of rotatable bonds is 63. The fourth-order valence-electron chi connectivity index (χ4n) is 12.6. The molecule has 0 spiro atoms. The predicted molar refractivity (Wildman–Crippen MR) is 453 cm³/mol. The molecule has 672 valence electrons. The highest BCUT2D eigenvalue weighted by Crippen LogP contribution is 2.32. The van der Waals surface area contributed by atoms with Crippen molar-refractivity contribution in [2.75, 3.05) is 70.2 Å². The number of carbonyl (C=O) groups excluding carboxylic acids is 14. The van der Waals surface area contributed by atoms with Gasteiger partial charge in [-0.05, 0) is 130 Å². The van der Waals surface area contributed by atoms with E-state index in [1.165, 1.54) is 6.08 Å². The quantitative estimate of drug-likeness (QED) is 0.0106. The first-order chi connectivity index (χ1) is 53.4. The molecule has 0 saturated heterocycles. The molecule has 0 aliphatic carbocycles. The monoisotopic (exact) mass is 1720 g/mol. The third kappa shape index (κ3) is 63.4. The van der Waals surface area contributed by atoms with E-state index in [0.717, 1.165) is 6.29 Å². The van der Waals surface area contributed by atoms with Crippen LogP contribution in [0.15, 0.2) is 12.7 Å². The number of carbonyl (C=O) groups is 14. The van der Waals surface area contributed by atoms with Crippen LogP contribution in [0, 0.1) is 107 Å². The molecule has 35 heteroatoms. The number of amides is 12. The minimum absolute atomic E-state index is 0. The Balaban J connectivity index is -0.000000395. The number of hydrogen-bond donors (Lipinski definition) is 14. The van der Waals surface area contributed by atoms with Gasteiger partial charge >= 0.3 is 0 Å².